The molecule has 4 amide bonds. The van der Waals surface area contributed by atoms with Gasteiger partial charge in [0.2, 0.25) is 0 Å². The number of carbonyl (C=O) groups is 4. The lowest BCUT2D eigenvalue weighted by atomic mass is 9.94. The van der Waals surface area contributed by atoms with E-state index in [0.29, 0.717) is 22.3 Å². The molecule has 0 saturated heterocycles. The predicted molar refractivity (Wildman–Crippen MR) is 156 cm³/mol. The molecule has 0 aliphatic carbocycles. The monoisotopic (exact) mass is 512 g/mol. The first-order chi connectivity index (χ1) is 17.4. The van der Waals surface area contributed by atoms with Crippen LogP contribution >= 0.6 is 0 Å². The maximum absolute atomic E-state index is 12.3. The zero-order valence-electron chi connectivity index (χ0n) is 20.9. The highest BCUT2D eigenvalue weighted by atomic mass is 16.2. The minimum atomic E-state index is -0.250. The maximum atomic E-state index is 12.3. The molecular formula is C31H26B2N2O4. The van der Waals surface area contributed by atoms with Crippen molar-refractivity contribution in [3.63, 3.8) is 0 Å². The third-order valence-electron chi connectivity index (χ3n) is 6.39. The molecule has 39 heavy (non-hydrogen) atoms. The lowest BCUT2D eigenvalue weighted by Crippen LogP contribution is -2.36. The molecule has 2 aliphatic heterocycles. The van der Waals surface area contributed by atoms with Crippen molar-refractivity contribution < 1.29 is 19.2 Å². The molecule has 0 N–H and O–H groups in total. The molecule has 4 aromatic rings. The minimum Gasteiger partial charge on any atom is -0.277 e. The summed E-state index contributed by atoms with van der Waals surface area (Å²) in [5.74, 6) is -0.955. The molecule has 0 bridgehead atoms. The van der Waals surface area contributed by atoms with E-state index in [0.717, 1.165) is 26.8 Å². The maximum Gasteiger partial charge on any atom is 0.261 e. The van der Waals surface area contributed by atoms with Crippen LogP contribution < -0.4 is 0 Å². The van der Waals surface area contributed by atoms with Crippen molar-refractivity contribution >= 4 is 62.4 Å². The van der Waals surface area contributed by atoms with Gasteiger partial charge in [0.25, 0.3) is 23.6 Å². The molecule has 8 heteroatoms. The quantitative estimate of drug-likeness (QED) is 0.292. The van der Waals surface area contributed by atoms with Crippen LogP contribution in [0.3, 0.4) is 0 Å². The van der Waals surface area contributed by atoms with Crippen LogP contribution in [0, 0.1) is 0 Å². The van der Waals surface area contributed by atoms with Gasteiger partial charge < -0.3 is 0 Å². The van der Waals surface area contributed by atoms with Crippen molar-refractivity contribution in [2.24, 2.45) is 0 Å². The van der Waals surface area contributed by atoms with Gasteiger partial charge in [-0.2, -0.15) is 0 Å². The van der Waals surface area contributed by atoms with E-state index in [9.17, 15) is 19.2 Å². The standard InChI is InChI=1S/C17H13NO2.C13H9NO2.CH4.2B/c1-18-16(19)14(12-8-4-2-5-9-12)15(17(18)20)13-10-6-3-7-11-13;1-14-12(15)9-6-2-4-8-5-3-7-10(11(8)9)13(14)16;;;/h2-11H,1H3;2-7H,1H3;1H4;;. The summed E-state index contributed by atoms with van der Waals surface area (Å²) in [6, 6.07) is 29.6. The largest absolute Gasteiger partial charge is 0.277 e. The number of hydrogen-bond donors (Lipinski definition) is 0. The fraction of sp³-hybridized carbons (Fsp3) is 0.0968. The summed E-state index contributed by atoms with van der Waals surface area (Å²) < 4.78 is 0. The Hall–Kier alpha value is -4.71. The van der Waals surface area contributed by atoms with Crippen molar-refractivity contribution in [1.29, 1.82) is 0 Å². The number of imide groups is 2. The van der Waals surface area contributed by atoms with Gasteiger partial charge in [-0.05, 0) is 28.6 Å². The van der Waals surface area contributed by atoms with Crippen LogP contribution in [0.15, 0.2) is 97.1 Å². The normalized spacial score (nSPS) is 13.8. The van der Waals surface area contributed by atoms with Crippen LogP contribution in [0.1, 0.15) is 39.3 Å². The zero-order chi connectivity index (χ0) is 25.4. The molecule has 0 unspecified atom stereocenters. The summed E-state index contributed by atoms with van der Waals surface area (Å²) >= 11 is 0. The lowest BCUT2D eigenvalue weighted by molar-refractivity contribution is -0.134. The highest BCUT2D eigenvalue weighted by Crippen LogP contribution is 2.34. The first-order valence-corrected chi connectivity index (χ1v) is 11.4. The minimum absolute atomic E-state index is 0. The summed E-state index contributed by atoms with van der Waals surface area (Å²) in [7, 11) is 3.03. The zero-order valence-corrected chi connectivity index (χ0v) is 20.9. The summed E-state index contributed by atoms with van der Waals surface area (Å²) in [5, 5.41) is 1.71. The lowest BCUT2D eigenvalue weighted by Gasteiger charge is -2.23. The Kier molecular flexibility index (Phi) is 9.56. The predicted octanol–water partition coefficient (Wildman–Crippen LogP) is 4.54. The van der Waals surface area contributed by atoms with Gasteiger partial charge in [-0.1, -0.05) is 92.4 Å². The van der Waals surface area contributed by atoms with Crippen molar-refractivity contribution in [3.8, 4) is 0 Å². The highest BCUT2D eigenvalue weighted by molar-refractivity contribution is 6.48. The summed E-state index contributed by atoms with van der Waals surface area (Å²) in [5.41, 5.74) is 3.71. The van der Waals surface area contributed by atoms with Gasteiger partial charge in [-0.25, -0.2) is 0 Å². The van der Waals surface area contributed by atoms with Crippen molar-refractivity contribution in [2.45, 2.75) is 7.43 Å². The van der Waals surface area contributed by atoms with Crippen molar-refractivity contribution in [3.05, 3.63) is 119 Å². The Labute approximate surface area is 232 Å². The van der Waals surface area contributed by atoms with E-state index in [2.05, 4.69) is 0 Å². The van der Waals surface area contributed by atoms with Crippen molar-refractivity contribution in [2.75, 3.05) is 14.1 Å². The first-order valence-electron chi connectivity index (χ1n) is 11.4. The van der Waals surface area contributed by atoms with Crippen LogP contribution in [-0.4, -0.2) is 64.3 Å². The average molecular weight is 512 g/mol. The molecule has 4 aromatic carbocycles. The fourth-order valence-electron chi connectivity index (χ4n) is 4.54. The van der Waals surface area contributed by atoms with Gasteiger partial charge in [0, 0.05) is 47.4 Å². The molecule has 0 saturated carbocycles. The number of rotatable bonds is 2. The molecule has 0 fully saturated rings. The first kappa shape index (κ1) is 30.5. The number of hydrogen-bond acceptors (Lipinski definition) is 4. The van der Waals surface area contributed by atoms with E-state index in [1.807, 2.05) is 84.9 Å². The van der Waals surface area contributed by atoms with E-state index < -0.39 is 0 Å². The van der Waals surface area contributed by atoms with E-state index in [-0.39, 0.29) is 47.9 Å². The van der Waals surface area contributed by atoms with E-state index >= 15 is 0 Å². The van der Waals surface area contributed by atoms with Gasteiger partial charge in [-0.15, -0.1) is 0 Å². The van der Waals surface area contributed by atoms with Gasteiger partial charge in [0.1, 0.15) is 0 Å². The average Bonchev–Trinajstić information content (AvgIpc) is 3.15. The number of likely N-dealkylation sites (N-methyl/N-ethyl adjacent to an activating group) is 1. The van der Waals surface area contributed by atoms with Crippen molar-refractivity contribution in [1.82, 2.24) is 9.80 Å². The number of nitrogens with zero attached hydrogens (tertiary/aromatic N) is 2. The Morgan fingerprint density at radius 3 is 1.21 bits per heavy atom. The molecule has 0 spiro atoms. The Morgan fingerprint density at radius 1 is 0.462 bits per heavy atom. The van der Waals surface area contributed by atoms with Gasteiger partial charge in [0.15, 0.2) is 0 Å². The molecule has 2 heterocycles. The van der Waals surface area contributed by atoms with Gasteiger partial charge in [0.05, 0.1) is 11.1 Å². The molecular weight excluding hydrogens is 486 g/mol. The molecule has 6 nitrogen and oxygen atoms in total. The van der Waals surface area contributed by atoms with E-state index in [4.69, 9.17) is 0 Å². The van der Waals surface area contributed by atoms with E-state index in [1.54, 1.807) is 12.1 Å². The molecule has 6 radical (unpaired) electrons. The van der Waals surface area contributed by atoms with Gasteiger partial charge in [-0.3, -0.25) is 29.0 Å². The third kappa shape index (κ3) is 5.18. The third-order valence-corrected chi connectivity index (χ3v) is 6.39. The molecule has 2 aliphatic rings. The topological polar surface area (TPSA) is 74.8 Å². The number of carbonyl (C=O) groups excluding carboxylic acids is 4. The Balaban J connectivity index is 0.000000259. The smallest absolute Gasteiger partial charge is 0.261 e. The number of benzene rings is 4. The molecule has 190 valence electrons. The summed E-state index contributed by atoms with van der Waals surface area (Å²) in [6.07, 6.45) is 0. The number of amides is 4. The molecule has 0 aromatic heterocycles. The van der Waals surface area contributed by atoms with Crippen LogP contribution in [0.2, 0.25) is 0 Å². The summed E-state index contributed by atoms with van der Waals surface area (Å²) in [6.45, 7) is 0. The molecule has 6 rings (SSSR count). The van der Waals surface area contributed by atoms with Crippen LogP contribution in [-0.2, 0) is 9.59 Å². The van der Waals surface area contributed by atoms with E-state index in [1.165, 1.54) is 19.0 Å². The SMILES string of the molecule is C.CN1C(=O)C(c2ccccc2)=C(c2ccccc2)C1=O.CN1C(=O)c2cccc3cccc(c23)C1=O.[B].[B]. The molecule has 0 atom stereocenters. The van der Waals surface area contributed by atoms with Gasteiger partial charge >= 0.3 is 0 Å². The highest BCUT2D eigenvalue weighted by Gasteiger charge is 2.37. The Bertz CT molecular complexity index is 1470. The Morgan fingerprint density at radius 2 is 0.821 bits per heavy atom. The second-order valence-electron chi connectivity index (χ2n) is 8.53. The van der Waals surface area contributed by atoms with Crippen LogP contribution in [0.4, 0.5) is 0 Å². The second-order valence-corrected chi connectivity index (χ2v) is 8.53. The van der Waals surface area contributed by atoms with Crippen LogP contribution in [0.5, 0.6) is 0 Å². The fourth-order valence-corrected chi connectivity index (χ4v) is 4.54. The second kappa shape index (κ2) is 12.2. The van der Waals surface area contributed by atoms with Crippen LogP contribution in [0.25, 0.3) is 21.9 Å². The summed E-state index contributed by atoms with van der Waals surface area (Å²) in [4.78, 5) is 50.9.